The van der Waals surface area contributed by atoms with E-state index in [1.807, 2.05) is 11.8 Å². The summed E-state index contributed by atoms with van der Waals surface area (Å²) in [5, 5.41) is 4.11. The molecule has 202 valence electrons. The third kappa shape index (κ3) is 5.01. The number of nitrogens with two attached hydrogens (primary N) is 1. The Balaban J connectivity index is 1.03. The molecule has 2 saturated heterocycles. The Bertz CT molecular complexity index is 1280. The van der Waals surface area contributed by atoms with Crippen LogP contribution in [0, 0.1) is 23.4 Å². The minimum atomic E-state index is -1.22. The van der Waals surface area contributed by atoms with Crippen LogP contribution < -0.4 is 20.3 Å². The first-order valence-electron chi connectivity index (χ1n) is 13.1. The Labute approximate surface area is 218 Å². The molecule has 0 bridgehead atoms. The summed E-state index contributed by atoms with van der Waals surface area (Å²) in [6, 6.07) is 1.57. The highest BCUT2D eigenvalue weighted by atomic mass is 19.2. The zero-order valence-electron chi connectivity index (χ0n) is 21.1. The molecule has 38 heavy (non-hydrogen) atoms. The van der Waals surface area contributed by atoms with Gasteiger partial charge in [-0.15, -0.1) is 0 Å². The predicted molar refractivity (Wildman–Crippen MR) is 133 cm³/mol. The normalized spacial score (nSPS) is 23.2. The molecule has 2 N–H and O–H groups in total. The fourth-order valence-corrected chi connectivity index (χ4v) is 5.41. The molecule has 12 heteroatoms. The highest BCUT2D eigenvalue weighted by Crippen LogP contribution is 2.39. The zero-order chi connectivity index (χ0) is 26.4. The maximum atomic E-state index is 14.3. The molecule has 4 heterocycles. The monoisotopic (exact) mass is 529 g/mol. The van der Waals surface area contributed by atoms with Crippen molar-refractivity contribution < 1.29 is 22.4 Å². The van der Waals surface area contributed by atoms with Gasteiger partial charge in [0.25, 0.3) is 0 Å². The maximum Gasteiger partial charge on any atom is 0.324 e. The number of nitrogens with zero attached hydrogens (tertiary/aromatic N) is 6. The fourth-order valence-electron chi connectivity index (χ4n) is 5.41. The van der Waals surface area contributed by atoms with Gasteiger partial charge in [-0.1, -0.05) is 5.16 Å². The van der Waals surface area contributed by atoms with Gasteiger partial charge in [0, 0.05) is 50.1 Å². The molecule has 6 rings (SSSR count). The molecule has 0 radical (unpaired) electrons. The van der Waals surface area contributed by atoms with Crippen molar-refractivity contribution >= 4 is 12.0 Å². The van der Waals surface area contributed by atoms with E-state index in [0.29, 0.717) is 48.7 Å². The standard InChI is InChI=1S/C26H30F3N7O2/c1-14(15-4-6-35(7-5-15)26-33-24(34-38-26)16-2-3-16)37-17-10-31-25(32-11-17)36-12-19(23(30)13-36)18-8-21(28)22(29)9-20(18)27/h8-11,14-16,19,23H,2-7,12-13,30H2,1H3/t14-,19+,23-/m0/s1. The van der Waals surface area contributed by atoms with E-state index < -0.39 is 29.4 Å². The molecule has 3 aliphatic rings. The highest BCUT2D eigenvalue weighted by molar-refractivity contribution is 5.39. The van der Waals surface area contributed by atoms with Crippen molar-refractivity contribution in [2.45, 2.75) is 56.6 Å². The molecule has 3 fully saturated rings. The molecule has 2 aliphatic heterocycles. The van der Waals surface area contributed by atoms with E-state index in [2.05, 4.69) is 25.0 Å². The molecule has 3 aromatic rings. The van der Waals surface area contributed by atoms with E-state index in [0.717, 1.165) is 50.7 Å². The quantitative estimate of drug-likeness (QED) is 0.458. The number of hydrogen-bond donors (Lipinski definition) is 1. The summed E-state index contributed by atoms with van der Waals surface area (Å²) in [4.78, 5) is 17.3. The highest BCUT2D eigenvalue weighted by Gasteiger charge is 2.35. The Morgan fingerprint density at radius 2 is 1.68 bits per heavy atom. The summed E-state index contributed by atoms with van der Waals surface area (Å²) in [5.41, 5.74) is 6.27. The van der Waals surface area contributed by atoms with Gasteiger partial charge in [0.2, 0.25) is 5.95 Å². The zero-order valence-corrected chi connectivity index (χ0v) is 21.1. The van der Waals surface area contributed by atoms with Crippen molar-refractivity contribution in [3.05, 3.63) is 53.4 Å². The van der Waals surface area contributed by atoms with Gasteiger partial charge < -0.3 is 24.8 Å². The number of rotatable bonds is 7. The molecule has 3 atom stereocenters. The lowest BCUT2D eigenvalue weighted by Crippen LogP contribution is -2.38. The van der Waals surface area contributed by atoms with Gasteiger partial charge in [-0.3, -0.25) is 0 Å². The van der Waals surface area contributed by atoms with Crippen molar-refractivity contribution in [1.82, 2.24) is 20.1 Å². The summed E-state index contributed by atoms with van der Waals surface area (Å²) < 4.78 is 53.0. The van der Waals surface area contributed by atoms with Crippen LogP contribution in [0.15, 0.2) is 29.0 Å². The summed E-state index contributed by atoms with van der Waals surface area (Å²) >= 11 is 0. The number of ether oxygens (including phenoxy) is 1. The number of hydrogen-bond acceptors (Lipinski definition) is 9. The minimum Gasteiger partial charge on any atom is -0.487 e. The molecule has 0 spiro atoms. The van der Waals surface area contributed by atoms with Gasteiger partial charge in [0.05, 0.1) is 18.5 Å². The van der Waals surface area contributed by atoms with Crippen molar-refractivity contribution in [2.75, 3.05) is 36.0 Å². The molecule has 9 nitrogen and oxygen atoms in total. The van der Waals surface area contributed by atoms with Crippen LogP contribution in [0.1, 0.15) is 55.8 Å². The number of aromatic nitrogens is 4. The number of halogens is 3. The largest absolute Gasteiger partial charge is 0.487 e. The summed E-state index contributed by atoms with van der Waals surface area (Å²) in [5.74, 6) is -1.00. The van der Waals surface area contributed by atoms with Crippen molar-refractivity contribution in [2.24, 2.45) is 11.7 Å². The van der Waals surface area contributed by atoms with Crippen LogP contribution in [0.3, 0.4) is 0 Å². The van der Waals surface area contributed by atoms with Crippen LogP contribution in [0.2, 0.25) is 0 Å². The van der Waals surface area contributed by atoms with Gasteiger partial charge in [0.1, 0.15) is 5.82 Å². The van der Waals surface area contributed by atoms with E-state index in [1.165, 1.54) is 0 Å². The smallest absolute Gasteiger partial charge is 0.324 e. The Morgan fingerprint density at radius 1 is 0.974 bits per heavy atom. The number of benzene rings is 1. The van der Waals surface area contributed by atoms with Gasteiger partial charge in [-0.25, -0.2) is 23.1 Å². The lowest BCUT2D eigenvalue weighted by Gasteiger charge is -2.33. The van der Waals surface area contributed by atoms with E-state index in [9.17, 15) is 13.2 Å². The van der Waals surface area contributed by atoms with Crippen LogP contribution in [-0.2, 0) is 0 Å². The summed E-state index contributed by atoms with van der Waals surface area (Å²) in [7, 11) is 0. The van der Waals surface area contributed by atoms with E-state index in [1.54, 1.807) is 12.4 Å². The molecule has 1 aliphatic carbocycles. The first-order valence-corrected chi connectivity index (χ1v) is 13.1. The molecule has 0 amide bonds. The third-order valence-electron chi connectivity index (χ3n) is 7.87. The minimum absolute atomic E-state index is 0.0303. The second kappa shape index (κ2) is 10.0. The first-order chi connectivity index (χ1) is 18.4. The second-order valence-corrected chi connectivity index (χ2v) is 10.5. The number of piperidine rings is 1. The first kappa shape index (κ1) is 24.9. The summed E-state index contributed by atoms with van der Waals surface area (Å²) in [6.07, 6.45) is 7.36. The van der Waals surface area contributed by atoms with E-state index >= 15 is 0 Å². The van der Waals surface area contributed by atoms with Crippen LogP contribution in [0.25, 0.3) is 0 Å². The van der Waals surface area contributed by atoms with Gasteiger partial charge in [0.15, 0.2) is 23.2 Å². The molecule has 1 aromatic carbocycles. The second-order valence-electron chi connectivity index (χ2n) is 10.5. The Morgan fingerprint density at radius 3 is 2.39 bits per heavy atom. The molecular formula is C26H30F3N7O2. The van der Waals surface area contributed by atoms with E-state index in [4.69, 9.17) is 15.0 Å². The van der Waals surface area contributed by atoms with Crippen molar-refractivity contribution in [3.63, 3.8) is 0 Å². The van der Waals surface area contributed by atoms with Gasteiger partial charge in [-0.05, 0) is 50.2 Å². The summed E-state index contributed by atoms with van der Waals surface area (Å²) in [6.45, 7) is 4.36. The van der Waals surface area contributed by atoms with E-state index in [-0.39, 0.29) is 11.7 Å². The fraction of sp³-hybridized carbons (Fsp3) is 0.538. The van der Waals surface area contributed by atoms with Crippen LogP contribution >= 0.6 is 0 Å². The molecule has 2 aromatic heterocycles. The van der Waals surface area contributed by atoms with Crippen LogP contribution in [0.5, 0.6) is 5.75 Å². The molecule has 1 saturated carbocycles. The topological polar surface area (TPSA) is 106 Å². The van der Waals surface area contributed by atoms with Crippen LogP contribution in [-0.4, -0.2) is 58.4 Å². The lowest BCUT2D eigenvalue weighted by atomic mass is 9.92. The average Bonchev–Trinajstić information content (AvgIpc) is 3.52. The molecular weight excluding hydrogens is 499 g/mol. The van der Waals surface area contributed by atoms with Crippen LogP contribution in [0.4, 0.5) is 25.1 Å². The van der Waals surface area contributed by atoms with Gasteiger partial charge >= 0.3 is 6.01 Å². The van der Waals surface area contributed by atoms with Crippen molar-refractivity contribution in [3.8, 4) is 5.75 Å². The molecule has 0 unspecified atom stereocenters. The Kier molecular flexibility index (Phi) is 6.58. The average molecular weight is 530 g/mol. The Hall–Kier alpha value is -3.41. The third-order valence-corrected chi connectivity index (χ3v) is 7.87. The predicted octanol–water partition coefficient (Wildman–Crippen LogP) is 3.77. The SMILES string of the molecule is C[C@H](Oc1cnc(N2C[C@H](c3cc(F)c(F)cc3F)[C@@H](N)C2)nc1)C1CCN(c2nc(C3CC3)no2)CC1. The van der Waals surface area contributed by atoms with Crippen molar-refractivity contribution in [1.29, 1.82) is 0 Å². The van der Waals surface area contributed by atoms with Gasteiger partial charge in [-0.2, -0.15) is 4.98 Å². The maximum absolute atomic E-state index is 14.3. The number of anilines is 2. The lowest BCUT2D eigenvalue weighted by molar-refractivity contribution is 0.131.